The molecule has 0 saturated heterocycles. The molecule has 0 aromatic carbocycles. The molecule has 0 radical (unpaired) electrons. The van der Waals surface area contributed by atoms with Gasteiger partial charge in [-0.25, -0.2) is 4.79 Å². The second kappa shape index (κ2) is 4.58. The van der Waals surface area contributed by atoms with E-state index in [-0.39, 0.29) is 5.92 Å². The number of hydrogen-bond acceptors (Lipinski definition) is 2. The van der Waals surface area contributed by atoms with Gasteiger partial charge < -0.3 is 16.4 Å². The van der Waals surface area contributed by atoms with E-state index in [0.29, 0.717) is 0 Å². The number of nitrogens with one attached hydrogen (secondary N) is 2. The van der Waals surface area contributed by atoms with Gasteiger partial charge in [0, 0.05) is 7.05 Å². The molecule has 70 valence electrons. The van der Waals surface area contributed by atoms with E-state index in [0.717, 1.165) is 0 Å². The van der Waals surface area contributed by atoms with Crippen LogP contribution in [-0.4, -0.2) is 25.0 Å². The zero-order chi connectivity index (χ0) is 9.72. The van der Waals surface area contributed by atoms with Crippen LogP contribution in [0.1, 0.15) is 13.8 Å². The average Bonchev–Trinajstić information content (AvgIpc) is 1.98. The van der Waals surface area contributed by atoms with Crippen molar-refractivity contribution in [2.75, 3.05) is 7.05 Å². The van der Waals surface area contributed by atoms with Crippen LogP contribution in [0.25, 0.3) is 0 Å². The van der Waals surface area contributed by atoms with Gasteiger partial charge in [-0.1, -0.05) is 13.8 Å². The summed E-state index contributed by atoms with van der Waals surface area (Å²) in [5.74, 6) is -0.520. The van der Waals surface area contributed by atoms with Gasteiger partial charge >= 0.3 is 6.03 Å². The lowest BCUT2D eigenvalue weighted by Crippen LogP contribution is -2.50. The third kappa shape index (κ3) is 3.23. The van der Waals surface area contributed by atoms with Gasteiger partial charge in [0.2, 0.25) is 5.91 Å². The molecule has 0 aromatic rings. The van der Waals surface area contributed by atoms with Crippen LogP contribution in [0.2, 0.25) is 0 Å². The van der Waals surface area contributed by atoms with E-state index < -0.39 is 18.0 Å². The van der Waals surface area contributed by atoms with Gasteiger partial charge in [-0.05, 0) is 5.92 Å². The molecule has 5 heteroatoms. The van der Waals surface area contributed by atoms with Gasteiger partial charge in [0.25, 0.3) is 0 Å². The predicted octanol–water partition coefficient (Wildman–Crippen LogP) is -0.575. The Hall–Kier alpha value is -1.26. The highest BCUT2D eigenvalue weighted by atomic mass is 16.2. The van der Waals surface area contributed by atoms with Gasteiger partial charge in [0.15, 0.2) is 0 Å². The Labute approximate surface area is 71.7 Å². The van der Waals surface area contributed by atoms with Crippen LogP contribution in [0.3, 0.4) is 0 Å². The molecule has 4 N–H and O–H groups in total. The Morgan fingerprint density at radius 2 is 1.83 bits per heavy atom. The minimum absolute atomic E-state index is 0.000185. The van der Waals surface area contributed by atoms with E-state index in [1.165, 1.54) is 7.05 Å². The van der Waals surface area contributed by atoms with E-state index >= 15 is 0 Å². The summed E-state index contributed by atoms with van der Waals surface area (Å²) >= 11 is 0. The van der Waals surface area contributed by atoms with E-state index in [9.17, 15) is 9.59 Å². The van der Waals surface area contributed by atoms with Crippen molar-refractivity contribution in [2.45, 2.75) is 19.9 Å². The van der Waals surface area contributed by atoms with Crippen LogP contribution in [0.15, 0.2) is 0 Å². The van der Waals surface area contributed by atoms with Crippen LogP contribution in [0.5, 0.6) is 0 Å². The lowest BCUT2D eigenvalue weighted by molar-refractivity contribution is -0.120. The second-order valence-corrected chi connectivity index (χ2v) is 2.85. The number of carbonyl (C=O) groups is 2. The third-order valence-electron chi connectivity index (χ3n) is 1.49. The highest BCUT2D eigenvalue weighted by Gasteiger charge is 2.20. The maximum Gasteiger partial charge on any atom is 0.315 e. The molecule has 0 aliphatic rings. The summed E-state index contributed by atoms with van der Waals surface area (Å²) in [7, 11) is 1.48. The molecule has 0 aliphatic carbocycles. The fourth-order valence-electron chi connectivity index (χ4n) is 0.780. The molecule has 0 spiro atoms. The lowest BCUT2D eigenvalue weighted by atomic mass is 10.0. The smallest absolute Gasteiger partial charge is 0.315 e. The standard InChI is InChI=1S/C7H15N3O2/c1-4(2)5(6(8)11)10-7(12)9-3/h4-5H,1-3H3,(H2,8,11)(H2,9,10,12)/t5-/m0/s1. The SMILES string of the molecule is CNC(=O)N[C@H](C(N)=O)C(C)C. The number of urea groups is 1. The first kappa shape index (κ1) is 10.7. The van der Waals surface area contributed by atoms with E-state index in [4.69, 9.17) is 5.73 Å². The summed E-state index contributed by atoms with van der Waals surface area (Å²) in [5.41, 5.74) is 5.06. The monoisotopic (exact) mass is 173 g/mol. The highest BCUT2D eigenvalue weighted by molar-refractivity contribution is 5.85. The lowest BCUT2D eigenvalue weighted by Gasteiger charge is -2.18. The molecule has 5 nitrogen and oxygen atoms in total. The number of rotatable bonds is 3. The van der Waals surface area contributed by atoms with E-state index in [1.54, 1.807) is 0 Å². The quantitative estimate of drug-likeness (QED) is 0.533. The number of nitrogens with two attached hydrogens (primary N) is 1. The molecule has 1 atom stereocenters. The topological polar surface area (TPSA) is 84.2 Å². The minimum atomic E-state index is -0.607. The van der Waals surface area contributed by atoms with Crippen LogP contribution in [-0.2, 0) is 4.79 Å². The molecule has 0 saturated carbocycles. The first-order valence-electron chi connectivity index (χ1n) is 3.76. The molecule has 0 unspecified atom stereocenters. The maximum absolute atomic E-state index is 10.8. The largest absolute Gasteiger partial charge is 0.368 e. The third-order valence-corrected chi connectivity index (χ3v) is 1.49. The van der Waals surface area contributed by atoms with E-state index in [1.807, 2.05) is 13.8 Å². The average molecular weight is 173 g/mol. The predicted molar refractivity (Wildman–Crippen MR) is 45.4 cm³/mol. The molecular formula is C7H15N3O2. The van der Waals surface area contributed by atoms with Crippen molar-refractivity contribution in [1.82, 2.24) is 10.6 Å². The Balaban J connectivity index is 4.14. The zero-order valence-electron chi connectivity index (χ0n) is 7.55. The molecule has 0 aliphatic heterocycles. The van der Waals surface area contributed by atoms with Crippen LogP contribution in [0, 0.1) is 5.92 Å². The van der Waals surface area contributed by atoms with Crippen molar-refractivity contribution in [2.24, 2.45) is 11.7 Å². The molecule has 0 aromatic heterocycles. The van der Waals surface area contributed by atoms with Crippen LogP contribution < -0.4 is 16.4 Å². The molecule has 3 amide bonds. The Morgan fingerprint density at radius 1 is 1.33 bits per heavy atom. The molecule has 12 heavy (non-hydrogen) atoms. The van der Waals surface area contributed by atoms with Gasteiger partial charge in [-0.15, -0.1) is 0 Å². The van der Waals surface area contributed by atoms with Crippen molar-refractivity contribution >= 4 is 11.9 Å². The molecule has 0 bridgehead atoms. The Kier molecular flexibility index (Phi) is 4.10. The highest BCUT2D eigenvalue weighted by Crippen LogP contribution is 1.99. The van der Waals surface area contributed by atoms with Crippen LogP contribution >= 0.6 is 0 Å². The zero-order valence-corrected chi connectivity index (χ0v) is 7.55. The second-order valence-electron chi connectivity index (χ2n) is 2.85. The Morgan fingerprint density at radius 3 is 2.08 bits per heavy atom. The first-order chi connectivity index (χ1) is 5.49. The fraction of sp³-hybridized carbons (Fsp3) is 0.714. The van der Waals surface area contributed by atoms with E-state index in [2.05, 4.69) is 10.6 Å². The van der Waals surface area contributed by atoms with Crippen molar-refractivity contribution in [3.05, 3.63) is 0 Å². The maximum atomic E-state index is 10.8. The number of hydrogen-bond donors (Lipinski definition) is 3. The fourth-order valence-corrected chi connectivity index (χ4v) is 0.780. The number of amides is 3. The summed E-state index contributed by atoms with van der Waals surface area (Å²) in [5, 5.41) is 4.79. The molecule has 0 heterocycles. The van der Waals surface area contributed by atoms with Gasteiger partial charge in [0.1, 0.15) is 6.04 Å². The number of primary amides is 1. The number of carbonyl (C=O) groups excluding carboxylic acids is 2. The summed E-state index contributed by atoms with van der Waals surface area (Å²) in [6.07, 6.45) is 0. The van der Waals surface area contributed by atoms with Crippen molar-refractivity contribution in [3.8, 4) is 0 Å². The van der Waals surface area contributed by atoms with Crippen LogP contribution in [0.4, 0.5) is 4.79 Å². The molecule has 0 rings (SSSR count). The minimum Gasteiger partial charge on any atom is -0.368 e. The molecular weight excluding hydrogens is 158 g/mol. The summed E-state index contributed by atoms with van der Waals surface area (Å²) < 4.78 is 0. The summed E-state index contributed by atoms with van der Waals surface area (Å²) in [6.45, 7) is 3.62. The van der Waals surface area contributed by atoms with Crippen molar-refractivity contribution in [3.63, 3.8) is 0 Å². The van der Waals surface area contributed by atoms with Crippen molar-refractivity contribution < 1.29 is 9.59 Å². The molecule has 0 fully saturated rings. The normalized spacial score (nSPS) is 12.3. The van der Waals surface area contributed by atoms with Gasteiger partial charge in [-0.2, -0.15) is 0 Å². The first-order valence-corrected chi connectivity index (χ1v) is 3.76. The van der Waals surface area contributed by atoms with Gasteiger partial charge in [0.05, 0.1) is 0 Å². The van der Waals surface area contributed by atoms with Gasteiger partial charge in [-0.3, -0.25) is 4.79 Å². The summed E-state index contributed by atoms with van der Waals surface area (Å²) in [4.78, 5) is 21.6. The Bertz CT molecular complexity index is 179. The summed E-state index contributed by atoms with van der Waals surface area (Å²) in [6, 6.07) is -1.00. The van der Waals surface area contributed by atoms with Crippen molar-refractivity contribution in [1.29, 1.82) is 0 Å².